The van der Waals surface area contributed by atoms with Crippen LogP contribution in [0.5, 0.6) is 11.5 Å². The number of esters is 1. The fraction of sp³-hybridized carbons (Fsp3) is 0.455. The molecule has 0 heterocycles. The Kier molecular flexibility index (Phi) is 15.2. The van der Waals surface area contributed by atoms with E-state index < -0.39 is 5.97 Å². The smallest absolute Gasteiger partial charge is 0.343 e. The molecule has 0 radical (unpaired) electrons. The molecule has 4 nitrogen and oxygen atoms in total. The van der Waals surface area contributed by atoms with Crippen molar-refractivity contribution in [2.75, 3.05) is 6.61 Å². The van der Waals surface area contributed by atoms with Crippen LogP contribution < -0.4 is 9.47 Å². The van der Waals surface area contributed by atoms with E-state index in [0.29, 0.717) is 29.4 Å². The summed E-state index contributed by atoms with van der Waals surface area (Å²) < 4.78 is 11.7. The molecule has 48 heavy (non-hydrogen) atoms. The van der Waals surface area contributed by atoms with Gasteiger partial charge in [-0.3, -0.25) is 4.79 Å². The first kappa shape index (κ1) is 36.9. The Hall–Kier alpha value is -3.92. The molecular weight excluding hydrogens is 592 g/mol. The van der Waals surface area contributed by atoms with Crippen molar-refractivity contribution < 1.29 is 19.1 Å². The molecule has 0 unspecified atom stereocenters. The molecule has 0 bridgehead atoms. The molecule has 1 atom stereocenters. The molecule has 0 aromatic heterocycles. The van der Waals surface area contributed by atoms with Gasteiger partial charge in [0.05, 0.1) is 12.2 Å². The lowest BCUT2D eigenvalue weighted by atomic mass is 9.86. The number of hydrogen-bond donors (Lipinski definition) is 0. The lowest BCUT2D eigenvalue weighted by molar-refractivity contribution is -0.121. The lowest BCUT2D eigenvalue weighted by Crippen LogP contribution is -2.14. The molecule has 0 aliphatic carbocycles. The van der Waals surface area contributed by atoms with Crippen LogP contribution in [-0.4, -0.2) is 18.4 Å². The molecule has 0 saturated carbocycles. The first-order chi connectivity index (χ1) is 23.4. The van der Waals surface area contributed by atoms with Gasteiger partial charge in [-0.05, 0) is 76.2 Å². The Morgan fingerprint density at radius 2 is 1.17 bits per heavy atom. The summed E-state index contributed by atoms with van der Waals surface area (Å²) in [6.07, 6.45) is 15.4. The monoisotopic (exact) mass is 648 g/mol. The topological polar surface area (TPSA) is 52.6 Å². The Morgan fingerprint density at radius 3 is 1.81 bits per heavy atom. The Labute approximate surface area is 289 Å². The van der Waals surface area contributed by atoms with Gasteiger partial charge in [-0.2, -0.15) is 0 Å². The molecule has 4 aromatic carbocycles. The summed E-state index contributed by atoms with van der Waals surface area (Å²) in [6, 6.07) is 27.5. The quantitative estimate of drug-likeness (QED) is 0.0512. The summed E-state index contributed by atoms with van der Waals surface area (Å²) in [5.74, 6) is 1.65. The number of hydrogen-bond acceptors (Lipinski definition) is 4. The number of Topliss-reactive ketones (excluding diaryl/α,β-unsaturated/α-hetero) is 1. The number of unbranched alkanes of at least 4 members (excludes halogenated alkanes) is 7. The average molecular weight is 649 g/mol. The third kappa shape index (κ3) is 11.4. The average Bonchev–Trinajstić information content (AvgIpc) is 3.11. The molecule has 4 aromatic rings. The van der Waals surface area contributed by atoms with E-state index >= 15 is 0 Å². The molecule has 0 aliphatic heterocycles. The maximum atomic E-state index is 13.1. The highest BCUT2D eigenvalue weighted by atomic mass is 16.5. The molecule has 0 saturated heterocycles. The Bertz CT molecular complexity index is 1550. The second kappa shape index (κ2) is 19.8. The van der Waals surface area contributed by atoms with Crippen molar-refractivity contribution in [1.82, 2.24) is 0 Å². The van der Waals surface area contributed by atoms with Gasteiger partial charge in [0, 0.05) is 12.3 Å². The Morgan fingerprint density at radius 1 is 0.604 bits per heavy atom. The number of carbonyl (C=O) groups is 2. The molecule has 0 N–H and O–H groups in total. The second-order valence-electron chi connectivity index (χ2n) is 13.4. The third-order valence-corrected chi connectivity index (χ3v) is 9.49. The molecule has 256 valence electrons. The van der Waals surface area contributed by atoms with Crippen LogP contribution in [0.15, 0.2) is 84.9 Å². The van der Waals surface area contributed by atoms with E-state index in [-0.39, 0.29) is 5.92 Å². The van der Waals surface area contributed by atoms with Gasteiger partial charge in [0.15, 0.2) is 0 Å². The zero-order valence-corrected chi connectivity index (χ0v) is 29.8. The van der Waals surface area contributed by atoms with Gasteiger partial charge in [0.2, 0.25) is 0 Å². The number of fused-ring (bicyclic) bond motifs is 1. The van der Waals surface area contributed by atoms with Gasteiger partial charge >= 0.3 is 5.97 Å². The highest BCUT2D eigenvalue weighted by molar-refractivity contribution is 5.93. The third-order valence-electron chi connectivity index (χ3n) is 9.49. The van der Waals surface area contributed by atoms with Crippen molar-refractivity contribution in [2.24, 2.45) is 5.92 Å². The summed E-state index contributed by atoms with van der Waals surface area (Å²) in [4.78, 5) is 26.1. The summed E-state index contributed by atoms with van der Waals surface area (Å²) in [5.41, 5.74) is 3.63. The highest BCUT2D eigenvalue weighted by Gasteiger charge is 2.20. The predicted molar refractivity (Wildman–Crippen MR) is 200 cm³/mol. The Balaban J connectivity index is 1.27. The van der Waals surface area contributed by atoms with Crippen LogP contribution in [0.25, 0.3) is 21.9 Å². The zero-order valence-electron chi connectivity index (χ0n) is 29.8. The van der Waals surface area contributed by atoms with Crippen LogP contribution in [0.3, 0.4) is 0 Å². The first-order valence-electron chi connectivity index (χ1n) is 18.5. The van der Waals surface area contributed by atoms with Crippen molar-refractivity contribution in [3.8, 4) is 22.6 Å². The SMILES string of the molecule is CCCCCCCCCCOc1ccc(-c2ccc(C(=O)Oc3ccc4cc([C@H](C)C(=O)CC(CCC)CCC)ccc4c3)cc2)cc1. The second-order valence-corrected chi connectivity index (χ2v) is 13.4. The van der Waals surface area contributed by atoms with Crippen LogP contribution in [0, 0.1) is 5.92 Å². The molecule has 0 amide bonds. The number of ketones is 1. The summed E-state index contributed by atoms with van der Waals surface area (Å²) >= 11 is 0. The minimum absolute atomic E-state index is 0.137. The number of carbonyl (C=O) groups excluding carboxylic acids is 2. The van der Waals surface area contributed by atoms with Gasteiger partial charge in [0.25, 0.3) is 0 Å². The number of rotatable bonds is 21. The van der Waals surface area contributed by atoms with E-state index in [1.807, 2.05) is 73.7 Å². The summed E-state index contributed by atoms with van der Waals surface area (Å²) in [6.45, 7) is 9.41. The van der Waals surface area contributed by atoms with E-state index in [1.54, 1.807) is 0 Å². The van der Waals surface area contributed by atoms with E-state index in [2.05, 4.69) is 39.0 Å². The maximum Gasteiger partial charge on any atom is 0.343 e. The van der Waals surface area contributed by atoms with Gasteiger partial charge in [0.1, 0.15) is 17.3 Å². The first-order valence-corrected chi connectivity index (χ1v) is 18.5. The standard InChI is InChI=1S/C44H56O4/c1-5-8-9-10-11-12-13-14-29-47-41-26-23-36(24-27-41)35-17-19-37(20-18-35)44(46)48-42-28-25-39-31-38(21-22-40(39)32-42)33(4)43(45)30-34(15-6-2)16-7-3/h17-28,31-34H,5-16,29-30H2,1-4H3/t33-/m0/s1. The van der Waals surface area contributed by atoms with Crippen molar-refractivity contribution in [3.63, 3.8) is 0 Å². The minimum atomic E-state index is -0.393. The van der Waals surface area contributed by atoms with Gasteiger partial charge in [-0.15, -0.1) is 0 Å². The molecule has 0 aliphatic rings. The summed E-state index contributed by atoms with van der Waals surface area (Å²) in [7, 11) is 0. The van der Waals surface area contributed by atoms with Crippen molar-refractivity contribution >= 4 is 22.5 Å². The molecular formula is C44H56O4. The molecule has 4 heteroatoms. The largest absolute Gasteiger partial charge is 0.494 e. The van der Waals surface area contributed by atoms with E-state index in [9.17, 15) is 9.59 Å². The fourth-order valence-corrected chi connectivity index (χ4v) is 6.52. The van der Waals surface area contributed by atoms with Crippen LogP contribution in [0.4, 0.5) is 0 Å². The summed E-state index contributed by atoms with van der Waals surface area (Å²) in [5, 5.41) is 2.00. The van der Waals surface area contributed by atoms with Gasteiger partial charge in [-0.25, -0.2) is 4.79 Å². The van der Waals surface area contributed by atoms with Crippen LogP contribution >= 0.6 is 0 Å². The van der Waals surface area contributed by atoms with Gasteiger partial charge in [-0.1, -0.05) is 147 Å². The fourth-order valence-electron chi connectivity index (χ4n) is 6.52. The van der Waals surface area contributed by atoms with Crippen molar-refractivity contribution in [1.29, 1.82) is 0 Å². The maximum absolute atomic E-state index is 13.1. The van der Waals surface area contributed by atoms with Crippen LogP contribution in [0.2, 0.25) is 0 Å². The van der Waals surface area contributed by atoms with Gasteiger partial charge < -0.3 is 9.47 Å². The van der Waals surface area contributed by atoms with E-state index in [0.717, 1.165) is 71.9 Å². The number of benzene rings is 4. The van der Waals surface area contributed by atoms with E-state index in [4.69, 9.17) is 9.47 Å². The van der Waals surface area contributed by atoms with Crippen molar-refractivity contribution in [3.05, 3.63) is 96.1 Å². The lowest BCUT2D eigenvalue weighted by Gasteiger charge is -2.18. The molecule has 4 rings (SSSR count). The number of ether oxygens (including phenoxy) is 2. The normalized spacial score (nSPS) is 11.9. The zero-order chi connectivity index (χ0) is 34.1. The molecule has 0 spiro atoms. The highest BCUT2D eigenvalue weighted by Crippen LogP contribution is 2.29. The predicted octanol–water partition coefficient (Wildman–Crippen LogP) is 12.5. The minimum Gasteiger partial charge on any atom is -0.494 e. The van der Waals surface area contributed by atoms with E-state index in [1.165, 1.54) is 44.9 Å². The van der Waals surface area contributed by atoms with Crippen molar-refractivity contribution in [2.45, 2.75) is 117 Å². The van der Waals surface area contributed by atoms with Crippen LogP contribution in [-0.2, 0) is 4.79 Å². The molecule has 0 fully saturated rings. The van der Waals surface area contributed by atoms with Crippen LogP contribution in [0.1, 0.15) is 133 Å².